The van der Waals surface area contributed by atoms with Gasteiger partial charge in [-0.25, -0.2) is 4.98 Å². The fourth-order valence-electron chi connectivity index (χ4n) is 7.48. The summed E-state index contributed by atoms with van der Waals surface area (Å²) >= 11 is 0. The van der Waals surface area contributed by atoms with E-state index >= 15 is 0 Å². The van der Waals surface area contributed by atoms with Crippen LogP contribution >= 0.6 is 0 Å². The highest BCUT2D eigenvalue weighted by Gasteiger charge is 2.43. The lowest BCUT2D eigenvalue weighted by atomic mass is 9.33. The Morgan fingerprint density at radius 3 is 1.75 bits per heavy atom. The van der Waals surface area contributed by atoms with E-state index in [9.17, 15) is 0 Å². The summed E-state index contributed by atoms with van der Waals surface area (Å²) in [5.41, 5.74) is 15.2. The molecular weight excluding hydrogens is 587 g/mol. The summed E-state index contributed by atoms with van der Waals surface area (Å²) in [5.74, 6) is 0.619. The lowest BCUT2D eigenvalue weighted by molar-refractivity contribution is 0.620. The molecule has 8 aromatic rings. The molecule has 0 fully saturated rings. The van der Waals surface area contributed by atoms with Crippen LogP contribution in [0.3, 0.4) is 0 Å². The average molecular weight is 615 g/mol. The van der Waals surface area contributed by atoms with Crippen molar-refractivity contribution in [3.63, 3.8) is 0 Å². The number of benzene rings is 6. The van der Waals surface area contributed by atoms with Gasteiger partial charge in [0.25, 0.3) is 6.71 Å². The molecule has 0 spiro atoms. The summed E-state index contributed by atoms with van der Waals surface area (Å²) in [6.45, 7) is -0.0471. The SMILES string of the molecule is c1ccc(N2c3ccc(-c4ccccn4)cc3B3c4cc(-c5nc6ccccc6o5)ccc4N(c4ccccc4)c4cccc2c43)cc1. The van der Waals surface area contributed by atoms with Crippen LogP contribution < -0.4 is 26.2 Å². The third-order valence-corrected chi connectivity index (χ3v) is 9.52. The smallest absolute Gasteiger partial charge is 0.252 e. The minimum atomic E-state index is -0.0471. The summed E-state index contributed by atoms with van der Waals surface area (Å²) in [6.07, 6.45) is 1.86. The first-order valence-electron chi connectivity index (χ1n) is 16.2. The molecule has 0 bridgehead atoms. The molecule has 6 heteroatoms. The molecule has 5 nitrogen and oxygen atoms in total. The van der Waals surface area contributed by atoms with Crippen LogP contribution in [0.25, 0.3) is 33.8 Å². The van der Waals surface area contributed by atoms with Gasteiger partial charge in [0.15, 0.2) is 5.58 Å². The van der Waals surface area contributed by atoms with Crippen molar-refractivity contribution >= 4 is 68.3 Å². The average Bonchev–Trinajstić information content (AvgIpc) is 3.60. The maximum atomic E-state index is 6.31. The van der Waals surface area contributed by atoms with Crippen LogP contribution in [0, 0.1) is 0 Å². The summed E-state index contributed by atoms with van der Waals surface area (Å²) in [6, 6.07) is 55.5. The Balaban J connectivity index is 1.28. The molecule has 48 heavy (non-hydrogen) atoms. The highest BCUT2D eigenvalue weighted by Crippen LogP contribution is 2.44. The van der Waals surface area contributed by atoms with Crippen LogP contribution in [0.15, 0.2) is 168 Å². The molecule has 0 aliphatic carbocycles. The van der Waals surface area contributed by atoms with Gasteiger partial charge in [-0.05, 0) is 101 Å². The molecule has 0 amide bonds. The Morgan fingerprint density at radius 1 is 0.500 bits per heavy atom. The van der Waals surface area contributed by atoms with Gasteiger partial charge >= 0.3 is 0 Å². The second-order valence-corrected chi connectivity index (χ2v) is 12.2. The molecule has 0 N–H and O–H groups in total. The third-order valence-electron chi connectivity index (χ3n) is 9.52. The minimum Gasteiger partial charge on any atom is -0.436 e. The summed E-state index contributed by atoms with van der Waals surface area (Å²) in [5, 5.41) is 0. The molecule has 224 valence electrons. The Labute approximate surface area is 278 Å². The van der Waals surface area contributed by atoms with Gasteiger partial charge < -0.3 is 14.2 Å². The first kappa shape index (κ1) is 26.8. The van der Waals surface area contributed by atoms with Crippen LogP contribution in [-0.4, -0.2) is 16.7 Å². The lowest BCUT2D eigenvalue weighted by Gasteiger charge is -2.44. The summed E-state index contributed by atoms with van der Waals surface area (Å²) in [4.78, 5) is 14.4. The number of para-hydroxylation sites is 4. The molecule has 0 saturated carbocycles. The molecule has 2 aliphatic rings. The number of rotatable bonds is 4. The van der Waals surface area contributed by atoms with Crippen molar-refractivity contribution in [2.24, 2.45) is 0 Å². The molecule has 4 heterocycles. The van der Waals surface area contributed by atoms with Crippen molar-refractivity contribution in [2.45, 2.75) is 0 Å². The highest BCUT2D eigenvalue weighted by atomic mass is 16.3. The van der Waals surface area contributed by atoms with E-state index in [1.165, 1.54) is 27.8 Å². The maximum Gasteiger partial charge on any atom is 0.252 e. The van der Waals surface area contributed by atoms with Crippen molar-refractivity contribution < 1.29 is 4.42 Å². The van der Waals surface area contributed by atoms with E-state index in [1.54, 1.807) is 0 Å². The van der Waals surface area contributed by atoms with Gasteiger partial charge in [0.2, 0.25) is 5.89 Å². The van der Waals surface area contributed by atoms with Crippen LogP contribution in [0.4, 0.5) is 34.1 Å². The van der Waals surface area contributed by atoms with E-state index in [0.29, 0.717) is 5.89 Å². The van der Waals surface area contributed by atoms with Gasteiger partial charge in [0.05, 0.1) is 5.69 Å². The fourth-order valence-corrected chi connectivity index (χ4v) is 7.48. The minimum absolute atomic E-state index is 0.0471. The van der Waals surface area contributed by atoms with Crippen LogP contribution in [-0.2, 0) is 0 Å². The van der Waals surface area contributed by atoms with E-state index in [1.807, 2.05) is 42.6 Å². The van der Waals surface area contributed by atoms with Gasteiger partial charge in [0.1, 0.15) is 5.52 Å². The van der Waals surface area contributed by atoms with E-state index in [2.05, 4.69) is 131 Å². The fraction of sp³-hybridized carbons (Fsp3) is 0. The van der Waals surface area contributed by atoms with Crippen LogP contribution in [0.1, 0.15) is 0 Å². The van der Waals surface area contributed by atoms with Gasteiger partial charge in [-0.15, -0.1) is 0 Å². The molecule has 0 unspecified atom stereocenters. The van der Waals surface area contributed by atoms with Crippen molar-refractivity contribution in [3.8, 4) is 22.7 Å². The normalized spacial score (nSPS) is 12.9. The van der Waals surface area contributed by atoms with Crippen molar-refractivity contribution in [1.29, 1.82) is 0 Å². The topological polar surface area (TPSA) is 45.4 Å². The predicted octanol–water partition coefficient (Wildman–Crippen LogP) is 8.64. The third kappa shape index (κ3) is 4.06. The van der Waals surface area contributed by atoms with Gasteiger partial charge in [-0.2, -0.15) is 0 Å². The standard InChI is InChI=1S/C42H27BN4O/c1-3-12-30(13-4-1)46-36-23-21-28(34-16-9-10-25-44-34)26-32(36)43-33-27-29(42-45-35-17-7-8-20-40(35)48-42)22-24-37(33)47(31-14-5-2-6-15-31)39-19-11-18-38(46)41(39)43/h1-27H. The monoisotopic (exact) mass is 614 g/mol. The molecule has 6 aromatic carbocycles. The number of oxazole rings is 1. The lowest BCUT2D eigenvalue weighted by Crippen LogP contribution is -2.61. The Kier molecular flexibility index (Phi) is 5.90. The largest absolute Gasteiger partial charge is 0.436 e. The second-order valence-electron chi connectivity index (χ2n) is 12.2. The van der Waals surface area contributed by atoms with Gasteiger partial charge in [-0.1, -0.05) is 78.9 Å². The van der Waals surface area contributed by atoms with Gasteiger partial charge in [0, 0.05) is 45.9 Å². The predicted molar refractivity (Wildman–Crippen MR) is 197 cm³/mol. The summed E-state index contributed by atoms with van der Waals surface area (Å²) in [7, 11) is 0. The molecule has 2 aromatic heterocycles. The summed E-state index contributed by atoms with van der Waals surface area (Å²) < 4.78 is 6.31. The molecular formula is C42H27BN4O. The quantitative estimate of drug-likeness (QED) is 0.186. The van der Waals surface area contributed by atoms with Crippen molar-refractivity contribution in [3.05, 3.63) is 164 Å². The first-order valence-corrected chi connectivity index (χ1v) is 16.2. The van der Waals surface area contributed by atoms with Crippen molar-refractivity contribution in [1.82, 2.24) is 9.97 Å². The highest BCUT2D eigenvalue weighted by molar-refractivity contribution is 7.00. The van der Waals surface area contributed by atoms with Gasteiger partial charge in [-0.3, -0.25) is 4.98 Å². The molecule has 0 atom stereocenters. The van der Waals surface area contributed by atoms with Crippen molar-refractivity contribution in [2.75, 3.05) is 9.80 Å². The van der Waals surface area contributed by atoms with E-state index < -0.39 is 0 Å². The zero-order chi connectivity index (χ0) is 31.6. The van der Waals surface area contributed by atoms with E-state index in [-0.39, 0.29) is 6.71 Å². The first-order chi connectivity index (χ1) is 23.8. The number of aromatic nitrogens is 2. The second kappa shape index (κ2) is 10.6. The zero-order valence-corrected chi connectivity index (χ0v) is 25.9. The number of hydrogen-bond acceptors (Lipinski definition) is 5. The molecule has 0 radical (unpaired) electrons. The Morgan fingerprint density at radius 2 is 1.10 bits per heavy atom. The van der Waals surface area contributed by atoms with Crippen LogP contribution in [0.2, 0.25) is 0 Å². The number of nitrogens with zero attached hydrogens (tertiary/aromatic N) is 4. The zero-order valence-electron chi connectivity index (χ0n) is 25.9. The molecule has 10 rings (SSSR count). The number of anilines is 6. The molecule has 2 aliphatic heterocycles. The van der Waals surface area contributed by atoms with E-state index in [4.69, 9.17) is 14.4 Å². The van der Waals surface area contributed by atoms with Crippen LogP contribution in [0.5, 0.6) is 0 Å². The number of fused-ring (bicyclic) bond motifs is 5. The number of pyridine rings is 1. The van der Waals surface area contributed by atoms with E-state index in [0.717, 1.165) is 50.7 Å². The maximum absolute atomic E-state index is 6.31. The Hall–Kier alpha value is -6.40. The Bertz CT molecular complexity index is 2430. The molecule has 0 saturated heterocycles. The number of hydrogen-bond donors (Lipinski definition) is 0.